The van der Waals surface area contributed by atoms with E-state index < -0.39 is 21.7 Å². The van der Waals surface area contributed by atoms with Crippen LogP contribution >= 0.6 is 0 Å². The van der Waals surface area contributed by atoms with Crippen LogP contribution in [0.4, 0.5) is 21.5 Å². The summed E-state index contributed by atoms with van der Waals surface area (Å²) in [6.07, 6.45) is 1.20. The Hall–Kier alpha value is -4.37. The van der Waals surface area contributed by atoms with E-state index >= 15 is 0 Å². The number of nitrogen functional groups attached to an aromatic ring is 1. The lowest BCUT2D eigenvalue weighted by Crippen LogP contribution is -2.14. The van der Waals surface area contributed by atoms with E-state index in [1.54, 1.807) is 36.4 Å². The molecule has 0 saturated carbocycles. The second-order valence-electron chi connectivity index (χ2n) is 8.32. The molecule has 4 N–H and O–H groups in total. The van der Waals surface area contributed by atoms with Crippen molar-refractivity contribution >= 4 is 33.0 Å². The first-order valence-electron chi connectivity index (χ1n) is 11.5. The highest BCUT2D eigenvalue weighted by Gasteiger charge is 2.16. The summed E-state index contributed by atoms with van der Waals surface area (Å²) in [5.41, 5.74) is 8.99. The van der Waals surface area contributed by atoms with Crippen molar-refractivity contribution in [2.24, 2.45) is 0 Å². The van der Waals surface area contributed by atoms with Crippen molar-refractivity contribution in [3.8, 4) is 5.75 Å². The van der Waals surface area contributed by atoms with Gasteiger partial charge in [0.05, 0.1) is 29.1 Å². The maximum atomic E-state index is 13.5. The molecule has 9 heteroatoms. The molecular weight excluding hydrogens is 493 g/mol. The first-order valence-corrected chi connectivity index (χ1v) is 12.9. The molecule has 0 aromatic heterocycles. The maximum Gasteiger partial charge on any atom is 0.261 e. The van der Waals surface area contributed by atoms with Gasteiger partial charge in [-0.05, 0) is 84.6 Å². The molecule has 0 saturated heterocycles. The molecule has 4 aromatic carbocycles. The Morgan fingerprint density at radius 2 is 1.59 bits per heavy atom. The minimum absolute atomic E-state index is 0.136. The molecule has 1 amide bonds. The van der Waals surface area contributed by atoms with Gasteiger partial charge in [0, 0.05) is 5.56 Å². The zero-order chi connectivity index (χ0) is 26.4. The Labute approximate surface area is 215 Å². The predicted octanol–water partition coefficient (Wildman–Crippen LogP) is 5.25. The second kappa shape index (κ2) is 11.1. The topological polar surface area (TPSA) is 111 Å². The number of sulfonamides is 1. The standard InChI is InChI=1S/C28H26FN3O4S/c1-36-23-13-15-24(16-14-23)37(34,35)32-26-5-3-2-4-20(26)9-6-19-7-10-21(11-8-19)28(33)31-27-18-22(29)12-17-25(27)30/h2-5,7-8,10-18,32H,6,9,30H2,1H3,(H,31,33). The molecule has 4 rings (SSSR count). The van der Waals surface area contributed by atoms with Gasteiger partial charge < -0.3 is 15.8 Å². The van der Waals surface area contributed by atoms with Gasteiger partial charge in [0.15, 0.2) is 0 Å². The summed E-state index contributed by atoms with van der Waals surface area (Å²) in [6, 6.07) is 24.2. The number of benzene rings is 4. The fourth-order valence-corrected chi connectivity index (χ4v) is 4.83. The van der Waals surface area contributed by atoms with Crippen molar-refractivity contribution in [2.45, 2.75) is 17.7 Å². The summed E-state index contributed by atoms with van der Waals surface area (Å²) in [5, 5.41) is 2.62. The van der Waals surface area contributed by atoms with E-state index in [0.717, 1.165) is 11.1 Å². The summed E-state index contributed by atoms with van der Waals surface area (Å²) in [6.45, 7) is 0. The molecule has 0 aliphatic carbocycles. The molecule has 0 atom stereocenters. The summed E-state index contributed by atoms with van der Waals surface area (Å²) >= 11 is 0. The minimum atomic E-state index is -3.77. The lowest BCUT2D eigenvalue weighted by molar-refractivity contribution is 0.102. The van der Waals surface area contributed by atoms with E-state index in [1.807, 2.05) is 24.3 Å². The van der Waals surface area contributed by atoms with E-state index in [4.69, 9.17) is 10.5 Å². The summed E-state index contributed by atoms with van der Waals surface area (Å²) in [4.78, 5) is 12.7. The summed E-state index contributed by atoms with van der Waals surface area (Å²) < 4.78 is 47.0. The van der Waals surface area contributed by atoms with Gasteiger partial charge in [0.2, 0.25) is 0 Å². The van der Waals surface area contributed by atoms with Gasteiger partial charge in [-0.3, -0.25) is 9.52 Å². The minimum Gasteiger partial charge on any atom is -0.497 e. The fourth-order valence-electron chi connectivity index (χ4n) is 3.73. The zero-order valence-corrected chi connectivity index (χ0v) is 20.9. The Kier molecular flexibility index (Phi) is 7.74. The van der Waals surface area contributed by atoms with Gasteiger partial charge in [-0.2, -0.15) is 0 Å². The van der Waals surface area contributed by atoms with Crippen LogP contribution in [0.3, 0.4) is 0 Å². The number of carbonyl (C=O) groups excluding carboxylic acids is 1. The molecule has 0 bridgehead atoms. The molecule has 0 aliphatic rings. The molecule has 0 spiro atoms. The number of nitrogens with two attached hydrogens (primary N) is 1. The highest BCUT2D eigenvalue weighted by atomic mass is 32.2. The molecule has 0 heterocycles. The summed E-state index contributed by atoms with van der Waals surface area (Å²) in [5.74, 6) is -0.325. The van der Waals surface area contributed by atoms with Gasteiger partial charge >= 0.3 is 0 Å². The summed E-state index contributed by atoms with van der Waals surface area (Å²) in [7, 11) is -2.26. The normalized spacial score (nSPS) is 11.1. The number of anilines is 3. The molecule has 0 aliphatic heterocycles. The van der Waals surface area contributed by atoms with Crippen LogP contribution in [0.1, 0.15) is 21.5 Å². The van der Waals surface area contributed by atoms with Crippen LogP contribution in [-0.2, 0) is 22.9 Å². The van der Waals surface area contributed by atoms with Crippen molar-refractivity contribution in [3.05, 3.63) is 114 Å². The Morgan fingerprint density at radius 3 is 2.30 bits per heavy atom. The lowest BCUT2D eigenvalue weighted by Gasteiger charge is -2.13. The van der Waals surface area contributed by atoms with E-state index in [9.17, 15) is 17.6 Å². The number of halogens is 1. The van der Waals surface area contributed by atoms with E-state index in [-0.39, 0.29) is 16.3 Å². The van der Waals surface area contributed by atoms with Crippen LogP contribution in [0.15, 0.2) is 95.9 Å². The third-order valence-corrected chi connectivity index (χ3v) is 7.18. The first kappa shape index (κ1) is 25.7. The SMILES string of the molecule is COc1ccc(S(=O)(=O)Nc2ccccc2CCc2ccc(C(=O)Nc3cc(F)ccc3N)cc2)cc1. The smallest absolute Gasteiger partial charge is 0.261 e. The predicted molar refractivity (Wildman–Crippen MR) is 143 cm³/mol. The molecule has 0 radical (unpaired) electrons. The molecule has 37 heavy (non-hydrogen) atoms. The average molecular weight is 520 g/mol. The van der Waals surface area contributed by atoms with Crippen molar-refractivity contribution in [1.82, 2.24) is 0 Å². The lowest BCUT2D eigenvalue weighted by atomic mass is 10.0. The van der Waals surface area contributed by atoms with Gasteiger partial charge in [0.1, 0.15) is 11.6 Å². The first-order chi connectivity index (χ1) is 17.7. The number of nitrogens with one attached hydrogen (secondary N) is 2. The van der Waals surface area contributed by atoms with E-state index in [1.165, 1.54) is 37.4 Å². The van der Waals surface area contributed by atoms with Crippen LogP contribution in [-0.4, -0.2) is 21.4 Å². The fraction of sp³-hybridized carbons (Fsp3) is 0.107. The van der Waals surface area contributed by atoms with E-state index in [0.29, 0.717) is 29.8 Å². The Bertz CT molecular complexity index is 1510. The van der Waals surface area contributed by atoms with Gasteiger partial charge in [-0.15, -0.1) is 0 Å². The number of para-hydroxylation sites is 1. The monoisotopic (exact) mass is 519 g/mol. The number of methoxy groups -OCH3 is 1. The third kappa shape index (κ3) is 6.45. The zero-order valence-electron chi connectivity index (χ0n) is 20.1. The highest BCUT2D eigenvalue weighted by molar-refractivity contribution is 7.92. The van der Waals surface area contributed by atoms with Crippen LogP contribution in [0.2, 0.25) is 0 Å². The number of rotatable bonds is 9. The molecule has 190 valence electrons. The molecule has 0 unspecified atom stereocenters. The Morgan fingerprint density at radius 1 is 0.892 bits per heavy atom. The number of aryl methyl sites for hydroxylation is 2. The van der Waals surface area contributed by atoms with Crippen molar-refractivity contribution in [3.63, 3.8) is 0 Å². The largest absolute Gasteiger partial charge is 0.497 e. The highest BCUT2D eigenvalue weighted by Crippen LogP contribution is 2.24. The van der Waals surface area contributed by atoms with Crippen molar-refractivity contribution < 1.29 is 22.3 Å². The number of ether oxygens (including phenoxy) is 1. The molecular formula is C28H26FN3O4S. The van der Waals surface area contributed by atoms with Gasteiger partial charge in [-0.1, -0.05) is 30.3 Å². The van der Waals surface area contributed by atoms with Gasteiger partial charge in [-0.25, -0.2) is 12.8 Å². The van der Waals surface area contributed by atoms with Crippen LogP contribution in [0.25, 0.3) is 0 Å². The second-order valence-corrected chi connectivity index (χ2v) is 10.0. The number of amides is 1. The molecule has 4 aromatic rings. The average Bonchev–Trinajstić information content (AvgIpc) is 2.90. The van der Waals surface area contributed by atoms with Crippen LogP contribution < -0.4 is 20.5 Å². The Balaban J connectivity index is 1.41. The number of hydrogen-bond acceptors (Lipinski definition) is 5. The van der Waals surface area contributed by atoms with Crippen molar-refractivity contribution in [1.29, 1.82) is 0 Å². The van der Waals surface area contributed by atoms with Crippen LogP contribution in [0.5, 0.6) is 5.75 Å². The number of hydrogen-bond donors (Lipinski definition) is 3. The molecule has 0 fully saturated rings. The number of carbonyl (C=O) groups is 1. The van der Waals surface area contributed by atoms with Crippen molar-refractivity contribution in [2.75, 3.05) is 22.9 Å². The third-order valence-electron chi connectivity index (χ3n) is 5.79. The molecule has 7 nitrogen and oxygen atoms in total. The van der Waals surface area contributed by atoms with Gasteiger partial charge in [0.25, 0.3) is 15.9 Å². The van der Waals surface area contributed by atoms with Crippen LogP contribution in [0, 0.1) is 5.82 Å². The quantitative estimate of drug-likeness (QED) is 0.262. The maximum absolute atomic E-state index is 13.5. The van der Waals surface area contributed by atoms with E-state index in [2.05, 4.69) is 10.0 Å².